The van der Waals surface area contributed by atoms with Crippen molar-refractivity contribution in [3.8, 4) is 0 Å². The molecular weight excluding hydrogens is 526 g/mol. The second kappa shape index (κ2) is 34.2. The minimum atomic E-state index is 0.236. The van der Waals surface area contributed by atoms with Crippen molar-refractivity contribution in [1.29, 1.82) is 0 Å². The van der Waals surface area contributed by atoms with Gasteiger partial charge < -0.3 is 14.8 Å². The summed E-state index contributed by atoms with van der Waals surface area (Å²) in [6, 6.07) is 0. The summed E-state index contributed by atoms with van der Waals surface area (Å²) in [5.41, 5.74) is 0. The molecule has 0 bridgehead atoms. The molecule has 0 aromatic rings. The molecular formula is C40H77NO2. The highest BCUT2D eigenvalue weighted by Crippen LogP contribution is 2.14. The molecule has 254 valence electrons. The molecule has 3 nitrogen and oxygen atoms in total. The first-order valence-electron chi connectivity index (χ1n) is 19.6. The fraction of sp³-hybridized carbons (Fsp3) is 0.900. The van der Waals surface area contributed by atoms with E-state index in [2.05, 4.69) is 43.5 Å². The Kier molecular flexibility index (Phi) is 32.2. The van der Waals surface area contributed by atoms with Crippen LogP contribution in [-0.4, -0.2) is 38.5 Å². The smallest absolute Gasteiger partial charge is 0.0973 e. The zero-order valence-corrected chi connectivity index (χ0v) is 29.4. The van der Waals surface area contributed by atoms with E-state index in [0.717, 1.165) is 26.3 Å². The van der Waals surface area contributed by atoms with E-state index in [-0.39, 0.29) is 12.2 Å². The standard InChI is InChI=1S/C40H77NO2/c1-3-5-7-9-11-13-15-17-19-21-23-25-27-29-31-33-35-42-39-37-41-38-40(39)43-36-34-32-30-28-26-24-22-20-18-16-14-12-10-8-6-4-2/h23-26,39-41H,3-22,27-38H2,1-2H3/t39-,40-/m1/s1. The van der Waals surface area contributed by atoms with Crippen molar-refractivity contribution in [2.24, 2.45) is 0 Å². The van der Waals surface area contributed by atoms with Gasteiger partial charge in [-0.05, 0) is 64.2 Å². The largest absolute Gasteiger partial charge is 0.374 e. The molecule has 0 saturated carbocycles. The van der Waals surface area contributed by atoms with E-state index < -0.39 is 0 Å². The van der Waals surface area contributed by atoms with Gasteiger partial charge in [-0.3, -0.25) is 0 Å². The molecule has 1 heterocycles. The second-order valence-electron chi connectivity index (χ2n) is 13.4. The Morgan fingerprint density at radius 1 is 0.395 bits per heavy atom. The lowest BCUT2D eigenvalue weighted by molar-refractivity contribution is -0.0481. The molecule has 0 unspecified atom stereocenters. The molecule has 1 aliphatic rings. The van der Waals surface area contributed by atoms with Crippen molar-refractivity contribution in [2.45, 2.75) is 206 Å². The quantitative estimate of drug-likeness (QED) is 0.0586. The van der Waals surface area contributed by atoms with Crippen molar-refractivity contribution < 1.29 is 9.47 Å². The molecule has 0 aliphatic carbocycles. The molecule has 0 spiro atoms. The molecule has 0 aromatic carbocycles. The molecule has 0 aromatic heterocycles. The summed E-state index contributed by atoms with van der Waals surface area (Å²) in [4.78, 5) is 0. The first-order valence-corrected chi connectivity index (χ1v) is 19.6. The summed E-state index contributed by atoms with van der Waals surface area (Å²) in [7, 11) is 0. The molecule has 1 aliphatic heterocycles. The summed E-state index contributed by atoms with van der Waals surface area (Å²) in [5.74, 6) is 0. The zero-order chi connectivity index (χ0) is 30.7. The van der Waals surface area contributed by atoms with E-state index in [4.69, 9.17) is 9.47 Å². The average molecular weight is 604 g/mol. The van der Waals surface area contributed by atoms with Crippen LogP contribution in [0, 0.1) is 0 Å². The first-order chi connectivity index (χ1) is 21.4. The fourth-order valence-corrected chi connectivity index (χ4v) is 6.13. The topological polar surface area (TPSA) is 30.5 Å². The Hall–Kier alpha value is -0.640. The van der Waals surface area contributed by atoms with Gasteiger partial charge in [-0.1, -0.05) is 154 Å². The maximum absolute atomic E-state index is 6.20. The van der Waals surface area contributed by atoms with Gasteiger partial charge in [-0.2, -0.15) is 0 Å². The van der Waals surface area contributed by atoms with Gasteiger partial charge in [0.2, 0.25) is 0 Å². The lowest BCUT2D eigenvalue weighted by Crippen LogP contribution is -2.30. The van der Waals surface area contributed by atoms with E-state index in [1.54, 1.807) is 0 Å². The number of unbranched alkanes of at least 4 members (excludes halogenated alkanes) is 24. The predicted octanol–water partition coefficient (Wildman–Crippen LogP) is 12.4. The number of hydrogen-bond acceptors (Lipinski definition) is 3. The van der Waals surface area contributed by atoms with E-state index in [0.29, 0.717) is 0 Å². The Bertz CT molecular complexity index is 539. The highest BCUT2D eigenvalue weighted by Gasteiger charge is 2.28. The van der Waals surface area contributed by atoms with Gasteiger partial charge in [0.15, 0.2) is 0 Å². The maximum atomic E-state index is 6.20. The van der Waals surface area contributed by atoms with E-state index in [1.807, 2.05) is 0 Å². The third-order valence-corrected chi connectivity index (χ3v) is 9.08. The monoisotopic (exact) mass is 604 g/mol. The molecule has 1 N–H and O–H groups in total. The van der Waals surface area contributed by atoms with Crippen LogP contribution < -0.4 is 5.32 Å². The molecule has 0 amide bonds. The van der Waals surface area contributed by atoms with Crippen LogP contribution in [0.3, 0.4) is 0 Å². The summed E-state index contributed by atoms with van der Waals surface area (Å²) in [6.07, 6.45) is 48.1. The molecule has 3 heteroatoms. The van der Waals surface area contributed by atoms with E-state index >= 15 is 0 Å². The minimum absolute atomic E-state index is 0.236. The lowest BCUT2D eigenvalue weighted by Gasteiger charge is -2.19. The zero-order valence-electron chi connectivity index (χ0n) is 29.4. The Labute approximate surface area is 270 Å². The predicted molar refractivity (Wildman–Crippen MR) is 191 cm³/mol. The Morgan fingerprint density at radius 3 is 1.00 bits per heavy atom. The van der Waals surface area contributed by atoms with Crippen molar-refractivity contribution in [1.82, 2.24) is 5.32 Å². The summed E-state index contributed by atoms with van der Waals surface area (Å²) >= 11 is 0. The van der Waals surface area contributed by atoms with Gasteiger partial charge in [-0.25, -0.2) is 0 Å². The highest BCUT2D eigenvalue weighted by atomic mass is 16.5. The van der Waals surface area contributed by atoms with Crippen molar-refractivity contribution in [3.63, 3.8) is 0 Å². The first kappa shape index (κ1) is 40.4. The van der Waals surface area contributed by atoms with Crippen LogP contribution in [-0.2, 0) is 9.47 Å². The van der Waals surface area contributed by atoms with Gasteiger partial charge in [0.25, 0.3) is 0 Å². The molecule has 43 heavy (non-hydrogen) atoms. The van der Waals surface area contributed by atoms with Crippen molar-refractivity contribution >= 4 is 0 Å². The Morgan fingerprint density at radius 2 is 0.674 bits per heavy atom. The molecule has 2 atom stereocenters. The average Bonchev–Trinajstić information content (AvgIpc) is 3.47. The van der Waals surface area contributed by atoms with Crippen LogP contribution in [0.2, 0.25) is 0 Å². The van der Waals surface area contributed by atoms with Gasteiger partial charge >= 0.3 is 0 Å². The second-order valence-corrected chi connectivity index (χ2v) is 13.4. The Balaban J connectivity index is 1.83. The van der Waals surface area contributed by atoms with E-state index in [9.17, 15) is 0 Å². The van der Waals surface area contributed by atoms with Crippen molar-refractivity contribution in [2.75, 3.05) is 26.3 Å². The highest BCUT2D eigenvalue weighted by molar-refractivity contribution is 4.84. The fourth-order valence-electron chi connectivity index (χ4n) is 6.13. The van der Waals surface area contributed by atoms with Crippen LogP contribution in [0.4, 0.5) is 0 Å². The van der Waals surface area contributed by atoms with Crippen LogP contribution >= 0.6 is 0 Å². The van der Waals surface area contributed by atoms with Crippen LogP contribution in [0.15, 0.2) is 24.3 Å². The maximum Gasteiger partial charge on any atom is 0.0973 e. The summed E-state index contributed by atoms with van der Waals surface area (Å²) < 4.78 is 12.4. The van der Waals surface area contributed by atoms with Gasteiger partial charge in [-0.15, -0.1) is 0 Å². The molecule has 1 rings (SSSR count). The molecule has 1 fully saturated rings. The third-order valence-electron chi connectivity index (χ3n) is 9.08. The van der Waals surface area contributed by atoms with Gasteiger partial charge in [0, 0.05) is 26.3 Å². The van der Waals surface area contributed by atoms with E-state index in [1.165, 1.54) is 180 Å². The number of nitrogens with one attached hydrogen (secondary N) is 1. The molecule has 1 saturated heterocycles. The van der Waals surface area contributed by atoms with Crippen molar-refractivity contribution in [3.05, 3.63) is 24.3 Å². The summed E-state index contributed by atoms with van der Waals surface area (Å²) in [6.45, 7) is 8.22. The van der Waals surface area contributed by atoms with Gasteiger partial charge in [0.1, 0.15) is 0 Å². The number of hydrogen-bond donors (Lipinski definition) is 1. The van der Waals surface area contributed by atoms with Gasteiger partial charge in [0.05, 0.1) is 12.2 Å². The summed E-state index contributed by atoms with van der Waals surface area (Å²) in [5, 5.41) is 3.47. The number of allylic oxidation sites excluding steroid dienone is 4. The lowest BCUT2D eigenvalue weighted by atomic mass is 10.1. The number of ether oxygens (including phenoxy) is 2. The normalized spacial score (nSPS) is 17.3. The number of rotatable bonds is 34. The minimum Gasteiger partial charge on any atom is -0.374 e. The molecule has 0 radical (unpaired) electrons. The SMILES string of the molecule is CCCCCCCCCCCC=CCCCCCO[C@@H]1CNC[C@H]1OCCCCCC=CCCCCCCCCCCC. The van der Waals surface area contributed by atoms with Crippen LogP contribution in [0.25, 0.3) is 0 Å². The van der Waals surface area contributed by atoms with Crippen LogP contribution in [0.1, 0.15) is 194 Å². The van der Waals surface area contributed by atoms with Crippen LogP contribution in [0.5, 0.6) is 0 Å². The third kappa shape index (κ3) is 28.6.